The Balaban J connectivity index is 1.26. The molecule has 3 heterocycles. The summed E-state index contributed by atoms with van der Waals surface area (Å²) in [4.78, 5) is 28.7. The van der Waals surface area contributed by atoms with Crippen LogP contribution in [-0.2, 0) is 16.6 Å². The van der Waals surface area contributed by atoms with Gasteiger partial charge < -0.3 is 23.8 Å². The summed E-state index contributed by atoms with van der Waals surface area (Å²) in [6.07, 6.45) is 0.954. The van der Waals surface area contributed by atoms with Gasteiger partial charge in [0.2, 0.25) is 12.0 Å². The van der Waals surface area contributed by atoms with Crippen molar-refractivity contribution >= 4 is 23.6 Å². The van der Waals surface area contributed by atoms with Crippen LogP contribution in [0.15, 0.2) is 35.7 Å². The minimum Gasteiger partial charge on any atom is -0.485 e. The van der Waals surface area contributed by atoms with Gasteiger partial charge in [-0.1, -0.05) is 23.9 Å². The van der Waals surface area contributed by atoms with Gasteiger partial charge in [0, 0.05) is 33.2 Å². The molecule has 0 aliphatic carbocycles. The number of rotatable bonds is 4. The monoisotopic (exact) mass is 403 g/mol. The average molecular weight is 403 g/mol. The maximum atomic E-state index is 12.8. The van der Waals surface area contributed by atoms with E-state index in [9.17, 15) is 9.59 Å². The molecule has 10 heteroatoms. The Morgan fingerprint density at radius 2 is 1.86 bits per heavy atom. The molecule has 2 aromatic rings. The zero-order valence-corrected chi connectivity index (χ0v) is 16.3. The molecule has 2 aliphatic rings. The Kier molecular flexibility index (Phi) is 5.38. The summed E-state index contributed by atoms with van der Waals surface area (Å²) in [6.45, 7) is 2.19. The Hall–Kier alpha value is -2.75. The van der Waals surface area contributed by atoms with E-state index in [-0.39, 0.29) is 18.4 Å². The Bertz CT molecular complexity index is 865. The highest BCUT2D eigenvalue weighted by Crippen LogP contribution is 2.31. The molecular formula is C18H21N5O4S. The van der Waals surface area contributed by atoms with Crippen LogP contribution in [0.25, 0.3) is 0 Å². The molecule has 148 valence electrons. The van der Waals surface area contributed by atoms with Gasteiger partial charge in [0.1, 0.15) is 12.9 Å². The van der Waals surface area contributed by atoms with Crippen LogP contribution >= 0.6 is 11.8 Å². The molecule has 1 fully saturated rings. The minimum absolute atomic E-state index is 0.0336. The third-order valence-corrected chi connectivity index (χ3v) is 5.74. The molecule has 1 atom stereocenters. The van der Waals surface area contributed by atoms with Crippen LogP contribution in [0.1, 0.15) is 0 Å². The van der Waals surface area contributed by atoms with Crippen molar-refractivity contribution in [1.29, 1.82) is 0 Å². The first-order valence-electron chi connectivity index (χ1n) is 9.03. The van der Waals surface area contributed by atoms with Crippen molar-refractivity contribution in [3.8, 4) is 11.5 Å². The SMILES string of the molecule is Cn1cnnc1SCC(=O)N1CCN(C(=O)C2COc3ccccc3O2)CC1. The smallest absolute Gasteiger partial charge is 0.267 e. The largest absolute Gasteiger partial charge is 0.485 e. The van der Waals surface area contributed by atoms with E-state index < -0.39 is 6.10 Å². The number of amides is 2. The van der Waals surface area contributed by atoms with E-state index in [1.54, 1.807) is 26.8 Å². The van der Waals surface area contributed by atoms with Crippen LogP contribution in [0, 0.1) is 0 Å². The lowest BCUT2D eigenvalue weighted by atomic mass is 10.2. The molecule has 0 bridgehead atoms. The lowest BCUT2D eigenvalue weighted by Gasteiger charge is -2.37. The molecule has 0 radical (unpaired) electrons. The molecule has 0 N–H and O–H groups in total. The Labute approximate surface area is 166 Å². The topological polar surface area (TPSA) is 89.8 Å². The molecule has 1 aromatic carbocycles. The quantitative estimate of drug-likeness (QED) is 0.684. The fourth-order valence-corrected chi connectivity index (χ4v) is 3.93. The van der Waals surface area contributed by atoms with Gasteiger partial charge in [-0.3, -0.25) is 9.59 Å². The van der Waals surface area contributed by atoms with Crippen molar-refractivity contribution in [2.45, 2.75) is 11.3 Å². The van der Waals surface area contributed by atoms with Crippen LogP contribution in [0.5, 0.6) is 11.5 Å². The highest BCUT2D eigenvalue weighted by atomic mass is 32.2. The number of para-hydroxylation sites is 2. The summed E-state index contributed by atoms with van der Waals surface area (Å²) in [5, 5.41) is 8.47. The van der Waals surface area contributed by atoms with Crippen LogP contribution in [0.3, 0.4) is 0 Å². The van der Waals surface area contributed by atoms with Gasteiger partial charge in [-0.05, 0) is 12.1 Å². The maximum absolute atomic E-state index is 12.8. The molecule has 0 saturated carbocycles. The van der Waals surface area contributed by atoms with Gasteiger partial charge in [0.05, 0.1) is 5.75 Å². The number of carbonyl (C=O) groups excluding carboxylic acids is 2. The van der Waals surface area contributed by atoms with E-state index in [1.165, 1.54) is 11.8 Å². The molecule has 4 rings (SSSR count). The number of aryl methyl sites for hydroxylation is 1. The van der Waals surface area contributed by atoms with Gasteiger partial charge in [0.25, 0.3) is 5.91 Å². The van der Waals surface area contributed by atoms with Crippen molar-refractivity contribution < 1.29 is 19.1 Å². The standard InChI is InChI=1S/C18H21N5O4S/c1-21-12-19-20-18(21)28-11-16(24)22-6-8-23(9-7-22)17(25)15-10-26-13-4-2-3-5-14(13)27-15/h2-5,12,15H,6-11H2,1H3. The molecule has 0 spiro atoms. The van der Waals surface area contributed by atoms with Crippen molar-refractivity contribution in [3.63, 3.8) is 0 Å². The van der Waals surface area contributed by atoms with Gasteiger partial charge in [-0.15, -0.1) is 10.2 Å². The number of benzene rings is 1. The summed E-state index contributed by atoms with van der Waals surface area (Å²) < 4.78 is 13.2. The second-order valence-electron chi connectivity index (χ2n) is 6.58. The number of piperazine rings is 1. The van der Waals surface area contributed by atoms with E-state index in [0.29, 0.717) is 48.6 Å². The molecular weight excluding hydrogens is 382 g/mol. The zero-order valence-electron chi connectivity index (χ0n) is 15.5. The maximum Gasteiger partial charge on any atom is 0.267 e. The number of hydrogen-bond acceptors (Lipinski definition) is 7. The van der Waals surface area contributed by atoms with E-state index >= 15 is 0 Å². The van der Waals surface area contributed by atoms with Gasteiger partial charge >= 0.3 is 0 Å². The highest BCUT2D eigenvalue weighted by Gasteiger charge is 2.33. The summed E-state index contributed by atoms with van der Waals surface area (Å²) in [7, 11) is 1.84. The number of thioether (sulfide) groups is 1. The van der Waals surface area contributed by atoms with Gasteiger partial charge in [0.15, 0.2) is 16.7 Å². The van der Waals surface area contributed by atoms with Gasteiger partial charge in [-0.25, -0.2) is 0 Å². The van der Waals surface area contributed by atoms with E-state index in [2.05, 4.69) is 10.2 Å². The van der Waals surface area contributed by atoms with Crippen molar-refractivity contribution in [2.24, 2.45) is 7.05 Å². The fourth-order valence-electron chi connectivity index (χ4n) is 3.14. The third-order valence-electron chi connectivity index (χ3n) is 4.72. The molecule has 28 heavy (non-hydrogen) atoms. The second kappa shape index (κ2) is 8.09. The first kappa shape index (κ1) is 18.6. The number of nitrogens with zero attached hydrogens (tertiary/aromatic N) is 5. The van der Waals surface area contributed by atoms with Crippen LogP contribution in [0.2, 0.25) is 0 Å². The van der Waals surface area contributed by atoms with E-state index in [4.69, 9.17) is 9.47 Å². The zero-order chi connectivity index (χ0) is 19.5. The van der Waals surface area contributed by atoms with Gasteiger partial charge in [-0.2, -0.15) is 0 Å². The van der Waals surface area contributed by atoms with Crippen LogP contribution < -0.4 is 9.47 Å². The summed E-state index contributed by atoms with van der Waals surface area (Å²) in [5.74, 6) is 1.47. The third kappa shape index (κ3) is 3.91. The lowest BCUT2D eigenvalue weighted by molar-refractivity contribution is -0.145. The first-order valence-corrected chi connectivity index (χ1v) is 10.0. The van der Waals surface area contributed by atoms with Crippen molar-refractivity contribution in [3.05, 3.63) is 30.6 Å². The highest BCUT2D eigenvalue weighted by molar-refractivity contribution is 7.99. The molecule has 1 aromatic heterocycles. The number of fused-ring (bicyclic) bond motifs is 1. The summed E-state index contributed by atoms with van der Waals surface area (Å²) in [5.41, 5.74) is 0. The predicted molar refractivity (Wildman–Crippen MR) is 101 cm³/mol. The fraction of sp³-hybridized carbons (Fsp3) is 0.444. The molecule has 1 saturated heterocycles. The second-order valence-corrected chi connectivity index (χ2v) is 7.53. The predicted octanol–water partition coefficient (Wildman–Crippen LogP) is 0.418. The van der Waals surface area contributed by atoms with E-state index in [0.717, 1.165) is 0 Å². The number of hydrogen-bond donors (Lipinski definition) is 0. The van der Waals surface area contributed by atoms with Crippen LogP contribution in [-0.4, -0.2) is 81.0 Å². The number of carbonyl (C=O) groups is 2. The molecule has 2 amide bonds. The lowest BCUT2D eigenvalue weighted by Crippen LogP contribution is -2.55. The molecule has 2 aliphatic heterocycles. The Morgan fingerprint density at radius 1 is 1.14 bits per heavy atom. The van der Waals surface area contributed by atoms with Crippen LogP contribution in [0.4, 0.5) is 0 Å². The van der Waals surface area contributed by atoms with Crippen molar-refractivity contribution in [1.82, 2.24) is 24.6 Å². The summed E-state index contributed by atoms with van der Waals surface area (Å²) in [6, 6.07) is 7.32. The molecule has 9 nitrogen and oxygen atoms in total. The first-order chi connectivity index (χ1) is 13.6. The molecule has 1 unspecified atom stereocenters. The number of ether oxygens (including phenoxy) is 2. The average Bonchev–Trinajstić information content (AvgIpc) is 3.16. The Morgan fingerprint density at radius 3 is 2.57 bits per heavy atom. The number of aromatic nitrogens is 3. The summed E-state index contributed by atoms with van der Waals surface area (Å²) >= 11 is 1.36. The normalized spacial score (nSPS) is 18.8. The van der Waals surface area contributed by atoms with Crippen molar-refractivity contribution in [2.75, 3.05) is 38.5 Å². The van der Waals surface area contributed by atoms with E-state index in [1.807, 2.05) is 25.2 Å². The minimum atomic E-state index is -0.649.